The van der Waals surface area contributed by atoms with E-state index in [1.165, 1.54) is 5.56 Å². The van der Waals surface area contributed by atoms with Crippen molar-refractivity contribution in [3.8, 4) is 5.75 Å². The normalized spacial score (nSPS) is 23.4. The highest BCUT2D eigenvalue weighted by Crippen LogP contribution is 2.23. The maximum Gasteiger partial charge on any atom is 0.122 e. The van der Waals surface area contributed by atoms with Crippen LogP contribution in [0.25, 0.3) is 0 Å². The minimum atomic E-state index is 0.0966. The second-order valence-corrected chi connectivity index (χ2v) is 5.36. The van der Waals surface area contributed by atoms with E-state index in [1.54, 1.807) is 7.11 Å². The van der Waals surface area contributed by atoms with Gasteiger partial charge in [0, 0.05) is 18.4 Å². The van der Waals surface area contributed by atoms with Crippen LogP contribution in [0.3, 0.4) is 0 Å². The van der Waals surface area contributed by atoms with Gasteiger partial charge in [-0.25, -0.2) is 0 Å². The number of nitrogens with one attached hydrogen (secondary N) is 1. The van der Waals surface area contributed by atoms with E-state index in [-0.39, 0.29) is 11.6 Å². The molecule has 0 bridgehead atoms. The first-order valence-corrected chi connectivity index (χ1v) is 6.08. The topological polar surface area (TPSA) is 30.5 Å². The Bertz CT molecular complexity index is 366. The molecule has 0 saturated carbocycles. The first kappa shape index (κ1) is 12.4. The Hall–Kier alpha value is -1.06. The zero-order valence-electron chi connectivity index (χ0n) is 10.8. The molecule has 1 aliphatic heterocycles. The van der Waals surface area contributed by atoms with E-state index in [2.05, 4.69) is 25.2 Å². The van der Waals surface area contributed by atoms with Gasteiger partial charge in [-0.1, -0.05) is 32.0 Å². The molecule has 1 aliphatic rings. The molecule has 1 atom stereocenters. The number of rotatable bonds is 3. The molecule has 0 radical (unpaired) electrons. The lowest BCUT2D eigenvalue weighted by molar-refractivity contribution is -0.0568. The molecule has 1 aromatic carbocycles. The fourth-order valence-corrected chi connectivity index (χ4v) is 2.03. The van der Waals surface area contributed by atoms with Crippen molar-refractivity contribution in [3.05, 3.63) is 29.8 Å². The Morgan fingerprint density at radius 3 is 2.82 bits per heavy atom. The standard InChI is InChI=1S/C14H21NO2/c1-14(2)9-15-13(17-10-14)8-11-6-4-5-7-12(11)16-3/h4-7,13,15H,8-10H2,1-3H3. The molecular weight excluding hydrogens is 214 g/mol. The Morgan fingerprint density at radius 2 is 2.18 bits per heavy atom. The Morgan fingerprint density at radius 1 is 1.41 bits per heavy atom. The molecule has 1 unspecified atom stereocenters. The van der Waals surface area contributed by atoms with E-state index in [0.717, 1.165) is 25.3 Å². The quantitative estimate of drug-likeness (QED) is 0.871. The Kier molecular flexibility index (Phi) is 3.69. The molecule has 1 fully saturated rings. The van der Waals surface area contributed by atoms with Crippen molar-refractivity contribution in [2.45, 2.75) is 26.5 Å². The smallest absolute Gasteiger partial charge is 0.122 e. The molecule has 0 aliphatic carbocycles. The van der Waals surface area contributed by atoms with E-state index < -0.39 is 0 Å². The summed E-state index contributed by atoms with van der Waals surface area (Å²) in [5.74, 6) is 0.933. The van der Waals surface area contributed by atoms with Crippen LogP contribution in [0.15, 0.2) is 24.3 Å². The molecule has 1 aromatic rings. The molecule has 0 aromatic heterocycles. The fraction of sp³-hybridized carbons (Fsp3) is 0.571. The highest BCUT2D eigenvalue weighted by atomic mass is 16.5. The van der Waals surface area contributed by atoms with E-state index in [4.69, 9.17) is 9.47 Å². The SMILES string of the molecule is COc1ccccc1CC1NCC(C)(C)CO1. The van der Waals surface area contributed by atoms with Crippen LogP contribution >= 0.6 is 0 Å². The summed E-state index contributed by atoms with van der Waals surface area (Å²) in [7, 11) is 1.71. The predicted molar refractivity (Wildman–Crippen MR) is 68.2 cm³/mol. The van der Waals surface area contributed by atoms with Gasteiger partial charge in [0.1, 0.15) is 12.0 Å². The number of ether oxygens (including phenoxy) is 2. The molecule has 1 heterocycles. The third kappa shape index (κ3) is 3.20. The molecule has 3 heteroatoms. The average molecular weight is 235 g/mol. The second-order valence-electron chi connectivity index (χ2n) is 5.36. The van der Waals surface area contributed by atoms with Crippen molar-refractivity contribution in [3.63, 3.8) is 0 Å². The van der Waals surface area contributed by atoms with E-state index in [0.29, 0.717) is 0 Å². The van der Waals surface area contributed by atoms with Crippen LogP contribution in [0.4, 0.5) is 0 Å². The number of hydrogen-bond donors (Lipinski definition) is 1. The van der Waals surface area contributed by atoms with Gasteiger partial charge in [-0.2, -0.15) is 0 Å². The lowest BCUT2D eigenvalue weighted by atomic mass is 9.93. The van der Waals surface area contributed by atoms with Gasteiger partial charge in [0.05, 0.1) is 13.7 Å². The van der Waals surface area contributed by atoms with Gasteiger partial charge in [-0.05, 0) is 11.6 Å². The zero-order valence-corrected chi connectivity index (χ0v) is 10.8. The van der Waals surface area contributed by atoms with Crippen molar-refractivity contribution in [2.75, 3.05) is 20.3 Å². The zero-order chi connectivity index (χ0) is 12.3. The minimum Gasteiger partial charge on any atom is -0.496 e. The highest BCUT2D eigenvalue weighted by Gasteiger charge is 2.27. The van der Waals surface area contributed by atoms with Gasteiger partial charge in [0.15, 0.2) is 0 Å². The van der Waals surface area contributed by atoms with Crippen LogP contribution in [-0.4, -0.2) is 26.5 Å². The first-order valence-electron chi connectivity index (χ1n) is 6.08. The van der Waals surface area contributed by atoms with E-state index >= 15 is 0 Å². The fourth-order valence-electron chi connectivity index (χ4n) is 2.03. The van der Waals surface area contributed by atoms with Gasteiger partial charge < -0.3 is 9.47 Å². The van der Waals surface area contributed by atoms with Gasteiger partial charge in [-0.3, -0.25) is 5.32 Å². The van der Waals surface area contributed by atoms with Crippen LogP contribution in [0.1, 0.15) is 19.4 Å². The van der Waals surface area contributed by atoms with Crippen LogP contribution in [-0.2, 0) is 11.2 Å². The van der Waals surface area contributed by atoms with Crippen molar-refractivity contribution in [2.24, 2.45) is 5.41 Å². The lowest BCUT2D eigenvalue weighted by Gasteiger charge is -2.35. The predicted octanol–water partition coefficient (Wildman–Crippen LogP) is 2.21. The third-order valence-electron chi connectivity index (χ3n) is 3.08. The van der Waals surface area contributed by atoms with Crippen LogP contribution in [0, 0.1) is 5.41 Å². The summed E-state index contributed by atoms with van der Waals surface area (Å²) < 4.78 is 11.2. The molecular formula is C14H21NO2. The second kappa shape index (κ2) is 5.07. The van der Waals surface area contributed by atoms with Crippen LogP contribution in [0.5, 0.6) is 5.75 Å². The molecule has 2 rings (SSSR count). The summed E-state index contributed by atoms with van der Waals surface area (Å²) in [6.07, 6.45) is 0.944. The number of methoxy groups -OCH3 is 1. The maximum absolute atomic E-state index is 5.83. The summed E-state index contributed by atoms with van der Waals surface area (Å²) >= 11 is 0. The number of hydrogen-bond acceptors (Lipinski definition) is 3. The highest BCUT2D eigenvalue weighted by molar-refractivity contribution is 5.33. The average Bonchev–Trinajstić information content (AvgIpc) is 2.32. The third-order valence-corrected chi connectivity index (χ3v) is 3.08. The van der Waals surface area contributed by atoms with Crippen molar-refractivity contribution >= 4 is 0 Å². The first-order chi connectivity index (χ1) is 8.11. The molecule has 94 valence electrons. The van der Waals surface area contributed by atoms with Gasteiger partial charge >= 0.3 is 0 Å². The molecule has 0 amide bonds. The molecule has 0 spiro atoms. The molecule has 3 nitrogen and oxygen atoms in total. The number of para-hydroxylation sites is 1. The lowest BCUT2D eigenvalue weighted by Crippen LogP contribution is -2.48. The van der Waals surface area contributed by atoms with Gasteiger partial charge in [-0.15, -0.1) is 0 Å². The summed E-state index contributed by atoms with van der Waals surface area (Å²) in [6, 6.07) is 8.09. The van der Waals surface area contributed by atoms with E-state index in [9.17, 15) is 0 Å². The summed E-state index contributed by atoms with van der Waals surface area (Å²) in [4.78, 5) is 0. The van der Waals surface area contributed by atoms with Gasteiger partial charge in [0.25, 0.3) is 0 Å². The molecule has 1 saturated heterocycles. The molecule has 17 heavy (non-hydrogen) atoms. The van der Waals surface area contributed by atoms with Crippen LogP contribution in [0.2, 0.25) is 0 Å². The maximum atomic E-state index is 5.83. The Labute approximate surface area is 103 Å². The Balaban J connectivity index is 1.98. The summed E-state index contributed by atoms with van der Waals surface area (Å²) in [6.45, 7) is 6.21. The minimum absolute atomic E-state index is 0.0966. The van der Waals surface area contributed by atoms with E-state index in [1.807, 2.05) is 18.2 Å². The largest absolute Gasteiger partial charge is 0.496 e. The monoisotopic (exact) mass is 235 g/mol. The summed E-state index contributed by atoms with van der Waals surface area (Å²) in [5.41, 5.74) is 1.42. The van der Waals surface area contributed by atoms with Gasteiger partial charge in [0.2, 0.25) is 0 Å². The number of benzene rings is 1. The van der Waals surface area contributed by atoms with Crippen molar-refractivity contribution < 1.29 is 9.47 Å². The molecule has 1 N–H and O–H groups in total. The summed E-state index contributed by atoms with van der Waals surface area (Å²) in [5, 5.41) is 3.43. The van der Waals surface area contributed by atoms with Crippen molar-refractivity contribution in [1.29, 1.82) is 0 Å². The van der Waals surface area contributed by atoms with Crippen LogP contribution < -0.4 is 10.1 Å². The van der Waals surface area contributed by atoms with Crippen molar-refractivity contribution in [1.82, 2.24) is 5.32 Å².